The Balaban J connectivity index is 1.93. The Kier molecular flexibility index (Phi) is 4.51. The van der Waals surface area contributed by atoms with Crippen LogP contribution >= 0.6 is 11.5 Å². The van der Waals surface area contributed by atoms with Crippen LogP contribution < -0.4 is 0 Å². The summed E-state index contributed by atoms with van der Waals surface area (Å²) in [5.41, 5.74) is 3.10. The molecule has 130 valence electrons. The summed E-state index contributed by atoms with van der Waals surface area (Å²) in [5, 5.41) is 0. The molecule has 0 spiro atoms. The molecule has 25 heavy (non-hydrogen) atoms. The van der Waals surface area contributed by atoms with Crippen molar-refractivity contribution in [2.75, 3.05) is 0 Å². The second-order valence-electron chi connectivity index (χ2n) is 7.03. The number of aryl methyl sites for hydroxylation is 1. The molecule has 0 aliphatic carbocycles. The maximum atomic E-state index is 12.7. The van der Waals surface area contributed by atoms with Crippen LogP contribution in [-0.4, -0.2) is 17.8 Å². The summed E-state index contributed by atoms with van der Waals surface area (Å²) in [4.78, 5) is 4.50. The summed E-state index contributed by atoms with van der Waals surface area (Å²) >= 11 is 0.911. The molecule has 2 aromatic carbocycles. The van der Waals surface area contributed by atoms with Crippen molar-refractivity contribution < 1.29 is 8.42 Å². The maximum absolute atomic E-state index is 12.7. The van der Waals surface area contributed by atoms with Crippen molar-refractivity contribution in [2.24, 2.45) is 0 Å². The van der Waals surface area contributed by atoms with E-state index in [0.29, 0.717) is 5.82 Å². The number of hydrogen-bond acceptors (Lipinski definition) is 5. The van der Waals surface area contributed by atoms with Gasteiger partial charge >= 0.3 is 0 Å². The molecule has 0 aliphatic heterocycles. The van der Waals surface area contributed by atoms with Gasteiger partial charge in [-0.3, -0.25) is 0 Å². The van der Waals surface area contributed by atoms with Gasteiger partial charge in [-0.1, -0.05) is 62.7 Å². The quantitative estimate of drug-likeness (QED) is 0.672. The van der Waals surface area contributed by atoms with Crippen molar-refractivity contribution in [3.05, 3.63) is 59.7 Å². The number of hydrogen-bond donors (Lipinski definition) is 0. The van der Waals surface area contributed by atoms with Gasteiger partial charge < -0.3 is 0 Å². The van der Waals surface area contributed by atoms with Crippen molar-refractivity contribution in [2.45, 2.75) is 42.3 Å². The van der Waals surface area contributed by atoms with Crippen LogP contribution in [0.2, 0.25) is 0 Å². The first-order valence-corrected chi connectivity index (χ1v) is 10.2. The minimum Gasteiger partial charge on any atom is -0.216 e. The third-order valence-electron chi connectivity index (χ3n) is 3.98. The molecule has 0 aliphatic rings. The molecular formula is C19H20N2O2S2. The van der Waals surface area contributed by atoms with Crippen LogP contribution in [0, 0.1) is 6.92 Å². The fourth-order valence-corrected chi connectivity index (χ4v) is 4.51. The monoisotopic (exact) mass is 372 g/mol. The lowest BCUT2D eigenvalue weighted by Crippen LogP contribution is -2.10. The third-order valence-corrected chi connectivity index (χ3v) is 6.82. The van der Waals surface area contributed by atoms with Crippen molar-refractivity contribution in [1.29, 1.82) is 0 Å². The normalized spacial score (nSPS) is 12.3. The van der Waals surface area contributed by atoms with Gasteiger partial charge in [0, 0.05) is 5.56 Å². The average Bonchev–Trinajstić information content (AvgIpc) is 3.05. The minimum atomic E-state index is -3.63. The topological polar surface area (TPSA) is 59.9 Å². The summed E-state index contributed by atoms with van der Waals surface area (Å²) in [7, 11) is -3.63. The highest BCUT2D eigenvalue weighted by atomic mass is 32.2. The van der Waals surface area contributed by atoms with Crippen LogP contribution in [0.3, 0.4) is 0 Å². The fourth-order valence-electron chi connectivity index (χ4n) is 2.37. The first-order valence-electron chi connectivity index (χ1n) is 7.94. The zero-order valence-corrected chi connectivity index (χ0v) is 16.3. The van der Waals surface area contributed by atoms with E-state index in [1.807, 2.05) is 31.2 Å². The summed E-state index contributed by atoms with van der Waals surface area (Å²) < 4.78 is 29.6. The third kappa shape index (κ3) is 3.65. The molecule has 3 rings (SSSR count). The average molecular weight is 373 g/mol. The van der Waals surface area contributed by atoms with E-state index in [1.54, 1.807) is 24.3 Å². The maximum Gasteiger partial charge on any atom is 0.235 e. The Labute approximate surface area is 152 Å². The molecule has 0 bridgehead atoms. The summed E-state index contributed by atoms with van der Waals surface area (Å²) in [6.07, 6.45) is 0. The molecule has 6 heteroatoms. The molecule has 0 unspecified atom stereocenters. The largest absolute Gasteiger partial charge is 0.235 e. The van der Waals surface area contributed by atoms with Gasteiger partial charge in [-0.2, -0.15) is 4.37 Å². The van der Waals surface area contributed by atoms with Crippen LogP contribution in [0.25, 0.3) is 11.4 Å². The SMILES string of the molecule is Cc1ccc(S(=O)(=O)c2nc(-c3ccc(C(C)(C)C)cc3)ns2)cc1. The van der Waals surface area contributed by atoms with Gasteiger partial charge in [0.05, 0.1) is 4.90 Å². The molecular weight excluding hydrogens is 352 g/mol. The van der Waals surface area contributed by atoms with Gasteiger partial charge in [-0.15, -0.1) is 0 Å². The summed E-state index contributed by atoms with van der Waals surface area (Å²) in [6, 6.07) is 14.7. The molecule has 0 amide bonds. The van der Waals surface area contributed by atoms with Crippen LogP contribution in [0.15, 0.2) is 57.8 Å². The molecule has 0 atom stereocenters. The predicted octanol–water partition coefficient (Wildman–Crippen LogP) is 4.64. The highest BCUT2D eigenvalue weighted by molar-refractivity contribution is 7.93. The second-order valence-corrected chi connectivity index (χ2v) is 9.90. The van der Waals surface area contributed by atoms with E-state index < -0.39 is 9.84 Å². The zero-order chi connectivity index (χ0) is 18.2. The number of rotatable bonds is 3. The van der Waals surface area contributed by atoms with Crippen LogP contribution in [0.4, 0.5) is 0 Å². The smallest absolute Gasteiger partial charge is 0.216 e. The first kappa shape index (κ1) is 17.8. The lowest BCUT2D eigenvalue weighted by Gasteiger charge is -2.18. The van der Waals surface area contributed by atoms with E-state index in [0.717, 1.165) is 22.7 Å². The van der Waals surface area contributed by atoms with Gasteiger partial charge in [0.25, 0.3) is 0 Å². The van der Waals surface area contributed by atoms with E-state index in [2.05, 4.69) is 30.1 Å². The van der Waals surface area contributed by atoms with Gasteiger partial charge in [0.2, 0.25) is 14.2 Å². The van der Waals surface area contributed by atoms with E-state index in [9.17, 15) is 8.42 Å². The Hall–Kier alpha value is -2.05. The Morgan fingerprint density at radius 1 is 0.920 bits per heavy atom. The molecule has 0 saturated heterocycles. The molecule has 1 heterocycles. The van der Waals surface area contributed by atoms with Gasteiger partial charge in [-0.05, 0) is 41.6 Å². The van der Waals surface area contributed by atoms with Gasteiger partial charge in [-0.25, -0.2) is 13.4 Å². The van der Waals surface area contributed by atoms with E-state index >= 15 is 0 Å². The number of sulfone groups is 1. The van der Waals surface area contributed by atoms with Crippen LogP contribution in [0.5, 0.6) is 0 Å². The highest BCUT2D eigenvalue weighted by Gasteiger charge is 2.23. The standard InChI is InChI=1S/C19H20N2O2S2/c1-13-5-11-16(12-6-13)25(22,23)18-20-17(21-24-18)14-7-9-15(10-8-14)19(2,3)4/h5-12H,1-4H3. The van der Waals surface area contributed by atoms with E-state index in [-0.39, 0.29) is 14.7 Å². The molecule has 0 N–H and O–H groups in total. The van der Waals surface area contributed by atoms with Crippen molar-refractivity contribution >= 4 is 21.4 Å². The number of benzene rings is 2. The van der Waals surface area contributed by atoms with Crippen molar-refractivity contribution in [3.8, 4) is 11.4 Å². The highest BCUT2D eigenvalue weighted by Crippen LogP contribution is 2.28. The lowest BCUT2D eigenvalue weighted by atomic mass is 9.87. The predicted molar refractivity (Wildman–Crippen MR) is 101 cm³/mol. The van der Waals surface area contributed by atoms with Gasteiger partial charge in [0.1, 0.15) is 0 Å². The van der Waals surface area contributed by atoms with Crippen molar-refractivity contribution in [3.63, 3.8) is 0 Å². The molecule has 0 saturated carbocycles. The van der Waals surface area contributed by atoms with Gasteiger partial charge in [0.15, 0.2) is 5.82 Å². The number of aromatic nitrogens is 2. The molecule has 4 nitrogen and oxygen atoms in total. The fraction of sp³-hybridized carbons (Fsp3) is 0.263. The number of nitrogens with zero attached hydrogens (tertiary/aromatic N) is 2. The Bertz CT molecular complexity index is 981. The first-order chi connectivity index (χ1) is 11.7. The summed E-state index contributed by atoms with van der Waals surface area (Å²) in [5.74, 6) is 0.441. The Morgan fingerprint density at radius 3 is 2.08 bits per heavy atom. The second kappa shape index (κ2) is 6.35. The molecule has 3 aromatic rings. The summed E-state index contributed by atoms with van der Waals surface area (Å²) in [6.45, 7) is 8.36. The lowest BCUT2D eigenvalue weighted by molar-refractivity contribution is 0.590. The van der Waals surface area contributed by atoms with E-state index in [1.165, 1.54) is 5.56 Å². The molecule has 0 radical (unpaired) electrons. The Morgan fingerprint density at radius 2 is 1.52 bits per heavy atom. The molecule has 1 aromatic heterocycles. The van der Waals surface area contributed by atoms with E-state index in [4.69, 9.17) is 0 Å². The minimum absolute atomic E-state index is 0.0197. The van der Waals surface area contributed by atoms with Crippen LogP contribution in [-0.2, 0) is 15.3 Å². The van der Waals surface area contributed by atoms with Crippen molar-refractivity contribution in [1.82, 2.24) is 9.36 Å². The van der Waals surface area contributed by atoms with Crippen LogP contribution in [0.1, 0.15) is 31.9 Å². The zero-order valence-electron chi connectivity index (χ0n) is 14.6. The molecule has 0 fully saturated rings.